The minimum absolute atomic E-state index is 0.0725. The summed E-state index contributed by atoms with van der Waals surface area (Å²) in [6.07, 6.45) is 3.65. The maximum atomic E-state index is 5.38. The number of pyridine rings is 2. The number of nitrogens with zero attached hydrogens (tertiary/aromatic N) is 2. The van der Waals surface area contributed by atoms with Crippen LogP contribution in [0.25, 0.3) is 0 Å². The standard InChI is InChI=1S/C15H19N3O/c1-10-8-11(2)13(18-9-10)15(16-3)14-12(19-4)6-5-7-17-14/h5-9,15-16H,1-4H3. The summed E-state index contributed by atoms with van der Waals surface area (Å²) in [6.45, 7) is 4.11. The van der Waals surface area contributed by atoms with Crippen molar-refractivity contribution in [2.75, 3.05) is 14.2 Å². The maximum Gasteiger partial charge on any atom is 0.142 e. The molecule has 2 heterocycles. The highest BCUT2D eigenvalue weighted by atomic mass is 16.5. The summed E-state index contributed by atoms with van der Waals surface area (Å²) in [7, 11) is 3.56. The van der Waals surface area contributed by atoms with Crippen LogP contribution in [-0.4, -0.2) is 24.1 Å². The summed E-state index contributed by atoms with van der Waals surface area (Å²) in [5, 5.41) is 3.26. The first-order valence-corrected chi connectivity index (χ1v) is 6.26. The minimum atomic E-state index is -0.0725. The quantitative estimate of drug-likeness (QED) is 0.913. The van der Waals surface area contributed by atoms with Gasteiger partial charge >= 0.3 is 0 Å². The molecule has 1 atom stereocenters. The van der Waals surface area contributed by atoms with Gasteiger partial charge in [0.05, 0.1) is 18.8 Å². The number of aryl methyl sites for hydroxylation is 2. The van der Waals surface area contributed by atoms with Crippen LogP contribution in [0.5, 0.6) is 5.75 Å². The number of nitrogens with one attached hydrogen (secondary N) is 1. The van der Waals surface area contributed by atoms with Gasteiger partial charge < -0.3 is 10.1 Å². The SMILES string of the molecule is CNC(c1ncc(C)cc1C)c1ncccc1OC. The molecule has 0 aliphatic heterocycles. The zero-order valence-corrected chi connectivity index (χ0v) is 11.8. The van der Waals surface area contributed by atoms with E-state index in [-0.39, 0.29) is 6.04 Å². The number of ether oxygens (including phenoxy) is 1. The van der Waals surface area contributed by atoms with Crippen molar-refractivity contribution in [3.63, 3.8) is 0 Å². The molecule has 0 aliphatic carbocycles. The van der Waals surface area contributed by atoms with Crippen LogP contribution in [0.15, 0.2) is 30.6 Å². The van der Waals surface area contributed by atoms with Crippen LogP contribution in [-0.2, 0) is 0 Å². The lowest BCUT2D eigenvalue weighted by Gasteiger charge is -2.19. The Morgan fingerprint density at radius 2 is 2.00 bits per heavy atom. The zero-order chi connectivity index (χ0) is 13.8. The van der Waals surface area contributed by atoms with Crippen molar-refractivity contribution in [2.24, 2.45) is 0 Å². The normalized spacial score (nSPS) is 12.2. The Morgan fingerprint density at radius 3 is 2.63 bits per heavy atom. The fourth-order valence-corrected chi connectivity index (χ4v) is 2.22. The van der Waals surface area contributed by atoms with Crippen LogP contribution in [0.3, 0.4) is 0 Å². The van der Waals surface area contributed by atoms with E-state index in [2.05, 4.69) is 28.3 Å². The molecule has 100 valence electrons. The maximum absolute atomic E-state index is 5.38. The highest BCUT2D eigenvalue weighted by molar-refractivity contribution is 5.37. The lowest BCUT2D eigenvalue weighted by molar-refractivity contribution is 0.401. The molecule has 0 saturated carbocycles. The molecule has 19 heavy (non-hydrogen) atoms. The van der Waals surface area contributed by atoms with Crippen molar-refractivity contribution < 1.29 is 4.74 Å². The van der Waals surface area contributed by atoms with E-state index in [1.54, 1.807) is 13.3 Å². The predicted octanol–water partition coefficient (Wildman–Crippen LogP) is 2.41. The first-order valence-electron chi connectivity index (χ1n) is 6.26. The molecule has 0 spiro atoms. The number of aromatic nitrogens is 2. The molecule has 0 fully saturated rings. The molecule has 0 amide bonds. The number of methoxy groups -OCH3 is 1. The second kappa shape index (κ2) is 5.80. The van der Waals surface area contributed by atoms with Crippen molar-refractivity contribution in [1.29, 1.82) is 0 Å². The third kappa shape index (κ3) is 2.74. The fourth-order valence-electron chi connectivity index (χ4n) is 2.22. The van der Waals surface area contributed by atoms with Gasteiger partial charge in [-0.2, -0.15) is 0 Å². The Kier molecular flexibility index (Phi) is 4.12. The second-order valence-corrected chi connectivity index (χ2v) is 4.53. The van der Waals surface area contributed by atoms with E-state index in [0.717, 1.165) is 28.3 Å². The Labute approximate surface area is 113 Å². The van der Waals surface area contributed by atoms with Gasteiger partial charge in [-0.05, 0) is 44.2 Å². The van der Waals surface area contributed by atoms with Gasteiger partial charge in [-0.25, -0.2) is 0 Å². The molecule has 2 aromatic heterocycles. The summed E-state index contributed by atoms with van der Waals surface area (Å²) in [6, 6.07) is 5.83. The van der Waals surface area contributed by atoms with Gasteiger partial charge in [-0.15, -0.1) is 0 Å². The summed E-state index contributed by atoms with van der Waals surface area (Å²) in [4.78, 5) is 8.98. The number of hydrogen-bond acceptors (Lipinski definition) is 4. The molecule has 0 saturated heterocycles. The Balaban J connectivity index is 2.50. The molecule has 2 rings (SSSR count). The third-order valence-electron chi connectivity index (χ3n) is 3.11. The summed E-state index contributed by atoms with van der Waals surface area (Å²) in [5.41, 5.74) is 4.13. The Bertz CT molecular complexity index is 569. The molecule has 2 aromatic rings. The van der Waals surface area contributed by atoms with Crippen molar-refractivity contribution in [3.8, 4) is 5.75 Å². The van der Waals surface area contributed by atoms with Crippen molar-refractivity contribution in [2.45, 2.75) is 19.9 Å². The summed E-state index contributed by atoms with van der Waals surface area (Å²) in [5.74, 6) is 0.767. The molecule has 4 nitrogen and oxygen atoms in total. The van der Waals surface area contributed by atoms with Crippen LogP contribution in [0.4, 0.5) is 0 Å². The molecule has 0 aromatic carbocycles. The van der Waals surface area contributed by atoms with E-state index in [0.29, 0.717) is 0 Å². The molecule has 1 unspecified atom stereocenters. The van der Waals surface area contributed by atoms with Gasteiger partial charge in [0.25, 0.3) is 0 Å². The topological polar surface area (TPSA) is 47.0 Å². The number of rotatable bonds is 4. The van der Waals surface area contributed by atoms with Crippen LogP contribution in [0.2, 0.25) is 0 Å². The van der Waals surface area contributed by atoms with Gasteiger partial charge in [-0.3, -0.25) is 9.97 Å². The second-order valence-electron chi connectivity index (χ2n) is 4.53. The van der Waals surface area contributed by atoms with E-state index < -0.39 is 0 Å². The van der Waals surface area contributed by atoms with Crippen LogP contribution >= 0.6 is 0 Å². The molecular formula is C15H19N3O. The van der Waals surface area contributed by atoms with E-state index in [1.807, 2.05) is 32.3 Å². The third-order valence-corrected chi connectivity index (χ3v) is 3.11. The molecular weight excluding hydrogens is 238 g/mol. The lowest BCUT2D eigenvalue weighted by atomic mass is 10.0. The summed E-state index contributed by atoms with van der Waals surface area (Å²) >= 11 is 0. The first-order chi connectivity index (χ1) is 9.17. The van der Waals surface area contributed by atoms with Gasteiger partial charge in [0.15, 0.2) is 0 Å². The average Bonchev–Trinajstić information content (AvgIpc) is 2.42. The van der Waals surface area contributed by atoms with Crippen LogP contribution < -0.4 is 10.1 Å². The van der Waals surface area contributed by atoms with E-state index >= 15 is 0 Å². The van der Waals surface area contributed by atoms with Gasteiger partial charge in [0.1, 0.15) is 11.4 Å². The molecule has 1 N–H and O–H groups in total. The van der Waals surface area contributed by atoms with Gasteiger partial charge in [0, 0.05) is 12.4 Å². The first kappa shape index (κ1) is 13.5. The largest absolute Gasteiger partial charge is 0.495 e. The smallest absolute Gasteiger partial charge is 0.142 e. The Hall–Kier alpha value is -1.94. The van der Waals surface area contributed by atoms with Crippen molar-refractivity contribution in [3.05, 3.63) is 53.1 Å². The minimum Gasteiger partial charge on any atom is -0.495 e. The molecule has 0 bridgehead atoms. The van der Waals surface area contributed by atoms with Crippen molar-refractivity contribution >= 4 is 0 Å². The molecule has 4 heteroatoms. The zero-order valence-electron chi connectivity index (χ0n) is 11.8. The highest BCUT2D eigenvalue weighted by Crippen LogP contribution is 2.28. The van der Waals surface area contributed by atoms with E-state index in [1.165, 1.54) is 0 Å². The Morgan fingerprint density at radius 1 is 1.21 bits per heavy atom. The van der Waals surface area contributed by atoms with Crippen LogP contribution in [0.1, 0.15) is 28.6 Å². The highest BCUT2D eigenvalue weighted by Gasteiger charge is 2.20. The van der Waals surface area contributed by atoms with Gasteiger partial charge in [-0.1, -0.05) is 6.07 Å². The molecule has 0 aliphatic rings. The summed E-state index contributed by atoms with van der Waals surface area (Å²) < 4.78 is 5.38. The van der Waals surface area contributed by atoms with E-state index in [9.17, 15) is 0 Å². The lowest BCUT2D eigenvalue weighted by Crippen LogP contribution is -2.22. The molecule has 0 radical (unpaired) electrons. The fraction of sp³-hybridized carbons (Fsp3) is 0.333. The van der Waals surface area contributed by atoms with Crippen LogP contribution in [0, 0.1) is 13.8 Å². The predicted molar refractivity (Wildman–Crippen MR) is 75.4 cm³/mol. The van der Waals surface area contributed by atoms with Crippen molar-refractivity contribution in [1.82, 2.24) is 15.3 Å². The average molecular weight is 257 g/mol. The number of hydrogen-bond donors (Lipinski definition) is 1. The monoisotopic (exact) mass is 257 g/mol. The van der Waals surface area contributed by atoms with Gasteiger partial charge in [0.2, 0.25) is 0 Å². The van der Waals surface area contributed by atoms with E-state index in [4.69, 9.17) is 4.74 Å².